The molecule has 1 aliphatic heterocycles. The average Bonchev–Trinajstić information content (AvgIpc) is 3.02. The van der Waals surface area contributed by atoms with Crippen LogP contribution in [-0.2, 0) is 20.1 Å². The summed E-state index contributed by atoms with van der Waals surface area (Å²) >= 11 is 0. The van der Waals surface area contributed by atoms with Crippen molar-refractivity contribution in [3.05, 3.63) is 58.9 Å². The molecular formula is C23H29N5O. The molecule has 4 rings (SSSR count). The van der Waals surface area contributed by atoms with Crippen LogP contribution in [0.25, 0.3) is 11.0 Å². The minimum absolute atomic E-state index is 0.108. The molecule has 6 heteroatoms. The number of fused-ring (bicyclic) bond motifs is 1. The van der Waals surface area contributed by atoms with Gasteiger partial charge >= 0.3 is 0 Å². The monoisotopic (exact) mass is 391 g/mol. The van der Waals surface area contributed by atoms with E-state index in [1.807, 2.05) is 26.1 Å². The van der Waals surface area contributed by atoms with Gasteiger partial charge in [0.2, 0.25) is 0 Å². The molecule has 3 aromatic rings. The molecular weight excluding hydrogens is 362 g/mol. The maximum Gasteiger partial charge on any atom is 0.253 e. The molecule has 1 fully saturated rings. The molecule has 0 radical (unpaired) electrons. The minimum atomic E-state index is -0.108. The largest absolute Gasteiger partial charge is 0.348 e. The molecule has 1 aliphatic rings. The summed E-state index contributed by atoms with van der Waals surface area (Å²) < 4.78 is 1.74. The predicted octanol–water partition coefficient (Wildman–Crippen LogP) is 3.58. The highest BCUT2D eigenvalue weighted by atomic mass is 16.1. The van der Waals surface area contributed by atoms with Crippen molar-refractivity contribution in [2.24, 2.45) is 7.05 Å². The topological polar surface area (TPSA) is 63.1 Å². The number of piperidine rings is 1. The zero-order valence-corrected chi connectivity index (χ0v) is 17.5. The number of carbonyl (C=O) groups is 1. The van der Waals surface area contributed by atoms with E-state index in [2.05, 4.69) is 45.4 Å². The maximum atomic E-state index is 12.7. The first-order valence-electron chi connectivity index (χ1n) is 10.4. The van der Waals surface area contributed by atoms with Crippen molar-refractivity contribution < 1.29 is 4.79 Å². The molecule has 3 heterocycles. The van der Waals surface area contributed by atoms with Crippen LogP contribution >= 0.6 is 0 Å². The van der Waals surface area contributed by atoms with Crippen LogP contribution in [0.3, 0.4) is 0 Å². The fourth-order valence-corrected chi connectivity index (χ4v) is 4.21. The van der Waals surface area contributed by atoms with Crippen LogP contribution in [0.4, 0.5) is 0 Å². The first-order chi connectivity index (χ1) is 14.0. The van der Waals surface area contributed by atoms with Crippen molar-refractivity contribution in [1.82, 2.24) is 25.0 Å². The van der Waals surface area contributed by atoms with Crippen LogP contribution < -0.4 is 5.32 Å². The highest BCUT2D eigenvalue weighted by Crippen LogP contribution is 2.21. The second kappa shape index (κ2) is 8.33. The van der Waals surface area contributed by atoms with E-state index in [0.717, 1.165) is 29.8 Å². The summed E-state index contributed by atoms with van der Waals surface area (Å²) in [6, 6.07) is 10.9. The lowest BCUT2D eigenvalue weighted by Gasteiger charge is -2.33. The molecule has 6 nitrogen and oxygen atoms in total. The van der Waals surface area contributed by atoms with Gasteiger partial charge in [-0.25, -0.2) is 4.98 Å². The fraction of sp³-hybridized carbons (Fsp3) is 0.435. The smallest absolute Gasteiger partial charge is 0.253 e. The van der Waals surface area contributed by atoms with Crippen molar-refractivity contribution in [2.75, 3.05) is 6.54 Å². The third-order valence-electron chi connectivity index (χ3n) is 6.00. The fourth-order valence-electron chi connectivity index (χ4n) is 4.21. The van der Waals surface area contributed by atoms with Crippen molar-refractivity contribution in [3.63, 3.8) is 0 Å². The Balaban J connectivity index is 1.46. The third-order valence-corrected chi connectivity index (χ3v) is 6.00. The molecule has 0 spiro atoms. The molecule has 1 atom stereocenters. The molecule has 1 N–H and O–H groups in total. The van der Waals surface area contributed by atoms with Crippen molar-refractivity contribution in [1.29, 1.82) is 0 Å². The summed E-state index contributed by atoms with van der Waals surface area (Å²) in [6.07, 6.45) is 5.49. The lowest BCUT2D eigenvalue weighted by Crippen LogP contribution is -2.37. The molecule has 0 saturated carbocycles. The lowest BCUT2D eigenvalue weighted by molar-refractivity contribution is 0.0950. The molecule has 152 valence electrons. The zero-order valence-electron chi connectivity index (χ0n) is 17.5. The third kappa shape index (κ3) is 4.17. The van der Waals surface area contributed by atoms with Gasteiger partial charge in [0, 0.05) is 37.8 Å². The van der Waals surface area contributed by atoms with Crippen molar-refractivity contribution in [3.8, 4) is 0 Å². The second-order valence-corrected chi connectivity index (χ2v) is 8.07. The first kappa shape index (κ1) is 19.6. The quantitative estimate of drug-likeness (QED) is 0.722. The van der Waals surface area contributed by atoms with E-state index in [-0.39, 0.29) is 5.91 Å². The number of nitrogens with zero attached hydrogens (tertiary/aromatic N) is 4. The summed E-state index contributed by atoms with van der Waals surface area (Å²) in [6.45, 7) is 6.85. The molecule has 1 aromatic carbocycles. The van der Waals surface area contributed by atoms with E-state index in [9.17, 15) is 4.79 Å². The van der Waals surface area contributed by atoms with Gasteiger partial charge in [-0.1, -0.05) is 30.7 Å². The molecule has 0 aliphatic carbocycles. The van der Waals surface area contributed by atoms with Gasteiger partial charge < -0.3 is 5.32 Å². The Kier molecular flexibility index (Phi) is 5.62. The Morgan fingerprint density at radius 3 is 2.83 bits per heavy atom. The number of hydrogen-bond donors (Lipinski definition) is 1. The van der Waals surface area contributed by atoms with Gasteiger partial charge in [0.1, 0.15) is 0 Å². The minimum Gasteiger partial charge on any atom is -0.348 e. The van der Waals surface area contributed by atoms with Crippen LogP contribution in [0.2, 0.25) is 0 Å². The van der Waals surface area contributed by atoms with Crippen molar-refractivity contribution in [2.45, 2.75) is 52.2 Å². The number of nitrogens with one attached hydrogen (secondary N) is 1. The summed E-state index contributed by atoms with van der Waals surface area (Å²) in [5.74, 6) is -0.108. The molecule has 0 bridgehead atoms. The number of rotatable bonds is 5. The van der Waals surface area contributed by atoms with E-state index in [1.54, 1.807) is 10.9 Å². The van der Waals surface area contributed by atoms with Gasteiger partial charge in [-0.2, -0.15) is 5.10 Å². The molecule has 1 saturated heterocycles. The number of amides is 1. The summed E-state index contributed by atoms with van der Waals surface area (Å²) in [7, 11) is 1.86. The van der Waals surface area contributed by atoms with Gasteiger partial charge in [-0.15, -0.1) is 0 Å². The van der Waals surface area contributed by atoms with E-state index in [0.29, 0.717) is 18.2 Å². The summed E-state index contributed by atoms with van der Waals surface area (Å²) in [4.78, 5) is 19.7. The second-order valence-electron chi connectivity index (χ2n) is 8.07. The molecule has 1 unspecified atom stereocenters. The van der Waals surface area contributed by atoms with Crippen molar-refractivity contribution >= 4 is 16.9 Å². The highest BCUT2D eigenvalue weighted by Gasteiger charge is 2.19. The van der Waals surface area contributed by atoms with E-state index < -0.39 is 0 Å². The molecule has 29 heavy (non-hydrogen) atoms. The Morgan fingerprint density at radius 2 is 2.03 bits per heavy atom. The van der Waals surface area contributed by atoms with E-state index in [4.69, 9.17) is 0 Å². The first-order valence-corrected chi connectivity index (χ1v) is 10.4. The van der Waals surface area contributed by atoms with Gasteiger partial charge in [-0.3, -0.25) is 14.4 Å². The molecule has 2 aromatic heterocycles. The van der Waals surface area contributed by atoms with Crippen LogP contribution in [0, 0.1) is 6.92 Å². The van der Waals surface area contributed by atoms with E-state index in [1.165, 1.54) is 30.4 Å². The number of pyridine rings is 1. The Labute approximate surface area is 171 Å². The Hall–Kier alpha value is -2.73. The van der Waals surface area contributed by atoms with Gasteiger partial charge in [-0.05, 0) is 50.4 Å². The summed E-state index contributed by atoms with van der Waals surface area (Å²) in [5, 5.41) is 8.36. The highest BCUT2D eigenvalue weighted by molar-refractivity contribution is 5.97. The lowest BCUT2D eigenvalue weighted by atomic mass is 10.0. The number of carbonyl (C=O) groups excluding carboxylic acids is 1. The Bertz CT molecular complexity index is 1030. The summed E-state index contributed by atoms with van der Waals surface area (Å²) in [5.41, 5.74) is 4.70. The number of benzene rings is 1. The normalized spacial score (nSPS) is 17.6. The van der Waals surface area contributed by atoms with Gasteiger partial charge in [0.25, 0.3) is 5.91 Å². The average molecular weight is 392 g/mol. The molecule has 1 amide bonds. The predicted molar refractivity (Wildman–Crippen MR) is 115 cm³/mol. The SMILES string of the molecule is Cc1nn(C)c2ncc(C(=O)NCc3ccccc3CN3CCCCC3C)cc12. The van der Waals surface area contributed by atoms with Crippen LogP contribution in [-0.4, -0.2) is 38.2 Å². The Morgan fingerprint density at radius 1 is 1.24 bits per heavy atom. The number of likely N-dealkylation sites (tertiary alicyclic amines) is 1. The maximum absolute atomic E-state index is 12.7. The van der Waals surface area contributed by atoms with Crippen LogP contribution in [0.5, 0.6) is 0 Å². The standard InChI is InChI=1S/C23H29N5O/c1-16-8-6-7-11-28(16)15-19-10-5-4-9-18(19)13-25-23(29)20-12-21-17(2)26-27(3)22(21)24-14-20/h4-5,9-10,12,14,16H,6-8,11,13,15H2,1-3H3,(H,25,29). The van der Waals surface area contributed by atoms with Crippen LogP contribution in [0.15, 0.2) is 36.5 Å². The van der Waals surface area contributed by atoms with Crippen LogP contribution in [0.1, 0.15) is 53.4 Å². The zero-order chi connectivity index (χ0) is 20.4. The number of hydrogen-bond acceptors (Lipinski definition) is 4. The van der Waals surface area contributed by atoms with Gasteiger partial charge in [0.15, 0.2) is 5.65 Å². The number of aromatic nitrogens is 3. The van der Waals surface area contributed by atoms with Gasteiger partial charge in [0.05, 0.1) is 11.3 Å². The van der Waals surface area contributed by atoms with E-state index >= 15 is 0 Å². The number of aryl methyl sites for hydroxylation is 2.